The van der Waals surface area contributed by atoms with E-state index in [-0.39, 0.29) is 11.9 Å². The summed E-state index contributed by atoms with van der Waals surface area (Å²) in [7, 11) is 0. The molecule has 2 aliphatic rings. The highest BCUT2D eigenvalue weighted by Crippen LogP contribution is 2.12. The third kappa shape index (κ3) is 2.69. The average Bonchev–Trinajstić information content (AvgIpc) is 2.74. The van der Waals surface area contributed by atoms with Crippen molar-refractivity contribution < 1.29 is 4.79 Å². The van der Waals surface area contributed by atoms with Gasteiger partial charge in [-0.3, -0.25) is 4.79 Å². The van der Waals surface area contributed by atoms with Crippen molar-refractivity contribution in [2.45, 2.75) is 38.3 Å². The lowest BCUT2D eigenvalue weighted by Gasteiger charge is -2.31. The molecule has 86 valence electrons. The second-order valence-electron chi connectivity index (χ2n) is 4.73. The molecule has 2 rings (SSSR count). The smallest absolute Gasteiger partial charge is 0.237 e. The molecule has 2 aliphatic heterocycles. The Bertz CT molecular complexity index is 226. The van der Waals surface area contributed by atoms with Crippen LogP contribution in [0.2, 0.25) is 0 Å². The molecule has 3 N–H and O–H groups in total. The van der Waals surface area contributed by atoms with E-state index in [9.17, 15) is 4.79 Å². The Morgan fingerprint density at radius 2 is 2.20 bits per heavy atom. The molecular formula is C11H21N3O. The van der Waals surface area contributed by atoms with Crippen molar-refractivity contribution in [3.8, 4) is 0 Å². The summed E-state index contributed by atoms with van der Waals surface area (Å²) in [6.07, 6.45) is 3.26. The predicted molar refractivity (Wildman–Crippen MR) is 59.6 cm³/mol. The van der Waals surface area contributed by atoms with Gasteiger partial charge in [-0.05, 0) is 38.3 Å². The lowest BCUT2D eigenvalue weighted by atomic mass is 9.94. The second-order valence-corrected chi connectivity index (χ2v) is 4.73. The van der Waals surface area contributed by atoms with Crippen LogP contribution in [0.15, 0.2) is 0 Å². The molecular weight excluding hydrogens is 190 g/mol. The summed E-state index contributed by atoms with van der Waals surface area (Å²) >= 11 is 0. The van der Waals surface area contributed by atoms with Crippen molar-refractivity contribution >= 4 is 5.91 Å². The highest BCUT2D eigenvalue weighted by Gasteiger charge is 2.27. The maximum atomic E-state index is 11.9. The van der Waals surface area contributed by atoms with Gasteiger partial charge in [-0.25, -0.2) is 0 Å². The van der Waals surface area contributed by atoms with Crippen LogP contribution in [0.25, 0.3) is 0 Å². The Morgan fingerprint density at radius 1 is 1.33 bits per heavy atom. The molecule has 0 radical (unpaired) electrons. The average molecular weight is 211 g/mol. The highest BCUT2D eigenvalue weighted by atomic mass is 16.2. The summed E-state index contributed by atoms with van der Waals surface area (Å²) in [6, 6.07) is 0.368. The van der Waals surface area contributed by atoms with Crippen molar-refractivity contribution in [1.82, 2.24) is 16.0 Å². The third-order valence-corrected chi connectivity index (χ3v) is 3.53. The van der Waals surface area contributed by atoms with Crippen molar-refractivity contribution in [3.63, 3.8) is 0 Å². The summed E-state index contributed by atoms with van der Waals surface area (Å²) in [6.45, 7) is 5.19. The molecule has 2 heterocycles. The first kappa shape index (κ1) is 10.9. The maximum absolute atomic E-state index is 11.9. The maximum Gasteiger partial charge on any atom is 0.237 e. The SMILES string of the molecule is CC1CCNCC1NC(=O)[C@@H]1CCCN1. The van der Waals surface area contributed by atoms with Crippen LogP contribution in [-0.2, 0) is 4.79 Å². The number of carbonyl (C=O) groups is 1. The van der Waals surface area contributed by atoms with Gasteiger partial charge in [0.05, 0.1) is 6.04 Å². The molecule has 1 amide bonds. The van der Waals surface area contributed by atoms with Crippen LogP contribution >= 0.6 is 0 Å². The zero-order chi connectivity index (χ0) is 10.7. The summed E-state index contributed by atoms with van der Waals surface area (Å²) in [5.41, 5.74) is 0. The van der Waals surface area contributed by atoms with Crippen LogP contribution in [-0.4, -0.2) is 37.6 Å². The number of carbonyl (C=O) groups excluding carboxylic acids is 1. The van der Waals surface area contributed by atoms with E-state index < -0.39 is 0 Å². The Hall–Kier alpha value is -0.610. The lowest BCUT2D eigenvalue weighted by Crippen LogP contribution is -2.53. The summed E-state index contributed by atoms with van der Waals surface area (Å²) in [4.78, 5) is 11.9. The monoisotopic (exact) mass is 211 g/mol. The summed E-state index contributed by atoms with van der Waals surface area (Å²) < 4.78 is 0. The molecule has 15 heavy (non-hydrogen) atoms. The fraction of sp³-hybridized carbons (Fsp3) is 0.909. The molecule has 2 saturated heterocycles. The summed E-state index contributed by atoms with van der Waals surface area (Å²) in [5.74, 6) is 0.782. The van der Waals surface area contributed by atoms with Gasteiger partial charge in [0.15, 0.2) is 0 Å². The van der Waals surface area contributed by atoms with Gasteiger partial charge in [0.25, 0.3) is 0 Å². The van der Waals surface area contributed by atoms with Gasteiger partial charge in [-0.15, -0.1) is 0 Å². The van der Waals surface area contributed by atoms with Crippen LogP contribution in [0.5, 0.6) is 0 Å². The minimum Gasteiger partial charge on any atom is -0.350 e. The van der Waals surface area contributed by atoms with Gasteiger partial charge in [-0.1, -0.05) is 6.92 Å². The van der Waals surface area contributed by atoms with Crippen LogP contribution in [0.1, 0.15) is 26.2 Å². The summed E-state index contributed by atoms with van der Waals surface area (Å²) in [5, 5.41) is 9.70. The normalized spacial score (nSPS) is 36.5. The molecule has 4 heteroatoms. The number of rotatable bonds is 2. The van der Waals surface area contributed by atoms with Crippen LogP contribution in [0.4, 0.5) is 0 Å². The van der Waals surface area contributed by atoms with Crippen LogP contribution < -0.4 is 16.0 Å². The second kappa shape index (κ2) is 4.94. The predicted octanol–water partition coefficient (Wildman–Crippen LogP) is -0.147. The van der Waals surface area contributed by atoms with Crippen molar-refractivity contribution in [1.29, 1.82) is 0 Å². The van der Waals surface area contributed by atoms with E-state index in [4.69, 9.17) is 0 Å². The van der Waals surface area contributed by atoms with E-state index in [2.05, 4.69) is 22.9 Å². The van der Waals surface area contributed by atoms with Crippen molar-refractivity contribution in [3.05, 3.63) is 0 Å². The molecule has 0 aromatic heterocycles. The minimum absolute atomic E-state index is 0.0547. The third-order valence-electron chi connectivity index (χ3n) is 3.53. The van der Waals surface area contributed by atoms with Crippen LogP contribution in [0.3, 0.4) is 0 Å². The molecule has 3 atom stereocenters. The standard InChI is InChI=1S/C11H21N3O/c1-8-4-6-12-7-10(8)14-11(15)9-3-2-5-13-9/h8-10,12-13H,2-7H2,1H3,(H,14,15)/t8?,9-,10?/m0/s1. The van der Waals surface area contributed by atoms with E-state index in [1.807, 2.05) is 0 Å². The largest absolute Gasteiger partial charge is 0.350 e. The number of hydrogen-bond acceptors (Lipinski definition) is 3. The van der Waals surface area contributed by atoms with E-state index in [0.29, 0.717) is 12.0 Å². The van der Waals surface area contributed by atoms with E-state index in [1.54, 1.807) is 0 Å². The number of hydrogen-bond donors (Lipinski definition) is 3. The molecule has 2 unspecified atom stereocenters. The van der Waals surface area contributed by atoms with E-state index in [1.165, 1.54) is 0 Å². The first-order valence-electron chi connectivity index (χ1n) is 6.02. The molecule has 0 bridgehead atoms. The van der Waals surface area contributed by atoms with Gasteiger partial charge in [-0.2, -0.15) is 0 Å². The van der Waals surface area contributed by atoms with Crippen molar-refractivity contribution in [2.75, 3.05) is 19.6 Å². The van der Waals surface area contributed by atoms with Gasteiger partial charge in [0, 0.05) is 12.6 Å². The number of nitrogens with one attached hydrogen (secondary N) is 3. The molecule has 0 spiro atoms. The molecule has 0 aromatic rings. The lowest BCUT2D eigenvalue weighted by molar-refractivity contribution is -0.123. The molecule has 0 aliphatic carbocycles. The number of piperidine rings is 1. The Morgan fingerprint density at radius 3 is 2.87 bits per heavy atom. The highest BCUT2D eigenvalue weighted by molar-refractivity contribution is 5.82. The van der Waals surface area contributed by atoms with Gasteiger partial charge in [0.2, 0.25) is 5.91 Å². The van der Waals surface area contributed by atoms with Crippen molar-refractivity contribution in [2.24, 2.45) is 5.92 Å². The zero-order valence-electron chi connectivity index (χ0n) is 9.38. The van der Waals surface area contributed by atoms with E-state index in [0.717, 1.165) is 38.9 Å². The van der Waals surface area contributed by atoms with Gasteiger partial charge >= 0.3 is 0 Å². The van der Waals surface area contributed by atoms with Gasteiger partial charge < -0.3 is 16.0 Å². The quantitative estimate of drug-likeness (QED) is 0.595. The topological polar surface area (TPSA) is 53.2 Å². The Labute approximate surface area is 91.2 Å². The Kier molecular flexibility index (Phi) is 3.59. The molecule has 0 saturated carbocycles. The molecule has 0 aromatic carbocycles. The van der Waals surface area contributed by atoms with Crippen LogP contribution in [0, 0.1) is 5.92 Å². The molecule has 2 fully saturated rings. The number of amides is 1. The zero-order valence-corrected chi connectivity index (χ0v) is 9.38. The van der Waals surface area contributed by atoms with E-state index >= 15 is 0 Å². The fourth-order valence-electron chi connectivity index (χ4n) is 2.37. The minimum atomic E-state index is 0.0547. The Balaban J connectivity index is 1.81. The first-order valence-corrected chi connectivity index (χ1v) is 6.02. The van der Waals surface area contributed by atoms with Gasteiger partial charge in [0.1, 0.15) is 0 Å². The fourth-order valence-corrected chi connectivity index (χ4v) is 2.37. The molecule has 4 nitrogen and oxygen atoms in total. The first-order chi connectivity index (χ1) is 7.27.